The van der Waals surface area contributed by atoms with E-state index in [2.05, 4.69) is 4.98 Å². The zero-order chi connectivity index (χ0) is 14.1. The van der Waals surface area contributed by atoms with Crippen molar-refractivity contribution in [1.82, 2.24) is 4.98 Å². The van der Waals surface area contributed by atoms with Gasteiger partial charge in [0, 0.05) is 24.3 Å². The summed E-state index contributed by atoms with van der Waals surface area (Å²) >= 11 is 6.17. The fourth-order valence-electron chi connectivity index (χ4n) is 2.06. The van der Waals surface area contributed by atoms with E-state index in [0.717, 1.165) is 16.7 Å². The summed E-state index contributed by atoms with van der Waals surface area (Å²) in [7, 11) is 1.91. The zero-order valence-corrected chi connectivity index (χ0v) is 11.8. The van der Waals surface area contributed by atoms with Crippen LogP contribution in [-0.4, -0.2) is 12.0 Å². The molecule has 0 radical (unpaired) electrons. The molecule has 20 heavy (non-hydrogen) atoms. The minimum Gasteiger partial charge on any atom is -0.423 e. The van der Waals surface area contributed by atoms with Gasteiger partial charge in [0.1, 0.15) is 5.52 Å². The smallest absolute Gasteiger partial charge is 0.298 e. The molecule has 0 unspecified atom stereocenters. The van der Waals surface area contributed by atoms with Crippen molar-refractivity contribution in [3.05, 3.63) is 53.1 Å². The van der Waals surface area contributed by atoms with Gasteiger partial charge in [0.15, 0.2) is 5.58 Å². The number of benzene rings is 2. The first kappa shape index (κ1) is 12.8. The fraction of sp³-hybridized carbons (Fsp3) is 0.133. The SMILES string of the molecule is CN(Cc1cc(N)ccc1Cl)c1nc2ccccc2o1. The summed E-state index contributed by atoms with van der Waals surface area (Å²) in [4.78, 5) is 6.35. The number of nitrogen functional groups attached to an aromatic ring is 1. The Labute approximate surface area is 121 Å². The third-order valence-electron chi connectivity index (χ3n) is 3.09. The van der Waals surface area contributed by atoms with Crippen molar-refractivity contribution in [1.29, 1.82) is 0 Å². The third-order valence-corrected chi connectivity index (χ3v) is 3.46. The second-order valence-electron chi connectivity index (χ2n) is 4.67. The second kappa shape index (κ2) is 5.06. The Kier molecular flexibility index (Phi) is 3.24. The predicted octanol–water partition coefficient (Wildman–Crippen LogP) is 3.70. The number of fused-ring (bicyclic) bond motifs is 1. The number of oxazole rings is 1. The van der Waals surface area contributed by atoms with E-state index in [0.29, 0.717) is 23.3 Å². The molecule has 1 aromatic heterocycles. The van der Waals surface area contributed by atoms with E-state index in [1.54, 1.807) is 12.1 Å². The van der Waals surface area contributed by atoms with Crippen LogP contribution in [0.5, 0.6) is 0 Å². The molecular weight excluding hydrogens is 274 g/mol. The number of hydrogen-bond donors (Lipinski definition) is 1. The molecule has 5 heteroatoms. The van der Waals surface area contributed by atoms with E-state index < -0.39 is 0 Å². The van der Waals surface area contributed by atoms with Crippen molar-refractivity contribution < 1.29 is 4.42 Å². The number of rotatable bonds is 3. The minimum atomic E-state index is 0.560. The number of nitrogens with zero attached hydrogens (tertiary/aromatic N) is 2. The highest BCUT2D eigenvalue weighted by Gasteiger charge is 2.12. The highest BCUT2D eigenvalue weighted by Crippen LogP contribution is 2.25. The number of para-hydroxylation sites is 2. The molecule has 3 rings (SSSR count). The van der Waals surface area contributed by atoms with Gasteiger partial charge in [-0.3, -0.25) is 0 Å². The van der Waals surface area contributed by atoms with Gasteiger partial charge >= 0.3 is 0 Å². The molecule has 0 aliphatic carbocycles. The lowest BCUT2D eigenvalue weighted by Gasteiger charge is -2.15. The molecule has 0 atom stereocenters. The summed E-state index contributed by atoms with van der Waals surface area (Å²) in [6.07, 6.45) is 0. The average Bonchev–Trinajstić information content (AvgIpc) is 2.87. The van der Waals surface area contributed by atoms with Gasteiger partial charge in [0.05, 0.1) is 0 Å². The van der Waals surface area contributed by atoms with Gasteiger partial charge in [-0.15, -0.1) is 0 Å². The molecule has 4 nitrogen and oxygen atoms in total. The topological polar surface area (TPSA) is 55.3 Å². The van der Waals surface area contributed by atoms with E-state index in [-0.39, 0.29) is 0 Å². The van der Waals surface area contributed by atoms with Crippen LogP contribution in [0.25, 0.3) is 11.1 Å². The van der Waals surface area contributed by atoms with E-state index >= 15 is 0 Å². The van der Waals surface area contributed by atoms with Gasteiger partial charge in [0.2, 0.25) is 0 Å². The van der Waals surface area contributed by atoms with Crippen molar-refractivity contribution in [3.8, 4) is 0 Å². The summed E-state index contributed by atoms with van der Waals surface area (Å²) in [6, 6.07) is 13.7. The molecule has 3 aromatic rings. The van der Waals surface area contributed by atoms with Gasteiger partial charge in [-0.2, -0.15) is 4.98 Å². The average molecular weight is 288 g/mol. The van der Waals surface area contributed by atoms with Crippen molar-refractivity contribution in [2.45, 2.75) is 6.54 Å². The largest absolute Gasteiger partial charge is 0.423 e. The predicted molar refractivity (Wildman–Crippen MR) is 82.0 cm³/mol. The van der Waals surface area contributed by atoms with E-state index in [9.17, 15) is 0 Å². The van der Waals surface area contributed by atoms with Crippen molar-refractivity contribution in [2.24, 2.45) is 0 Å². The standard InChI is InChI=1S/C15H14ClN3O/c1-19(9-10-8-11(17)6-7-12(10)16)15-18-13-4-2-3-5-14(13)20-15/h2-8H,9,17H2,1H3. The van der Waals surface area contributed by atoms with E-state index in [1.165, 1.54) is 0 Å². The molecule has 2 aromatic carbocycles. The maximum Gasteiger partial charge on any atom is 0.298 e. The Balaban J connectivity index is 1.88. The van der Waals surface area contributed by atoms with E-state index in [1.807, 2.05) is 42.3 Å². The lowest BCUT2D eigenvalue weighted by atomic mass is 10.2. The zero-order valence-electron chi connectivity index (χ0n) is 11.0. The number of nitrogens with two attached hydrogens (primary N) is 1. The highest BCUT2D eigenvalue weighted by molar-refractivity contribution is 6.31. The molecule has 102 valence electrons. The Hall–Kier alpha value is -2.20. The van der Waals surface area contributed by atoms with E-state index in [4.69, 9.17) is 21.8 Å². The van der Waals surface area contributed by atoms with Crippen LogP contribution in [0.15, 0.2) is 46.9 Å². The summed E-state index contributed by atoms with van der Waals surface area (Å²) in [6.45, 7) is 0.580. The van der Waals surface area contributed by atoms with Crippen LogP contribution in [0.1, 0.15) is 5.56 Å². The molecule has 0 aliphatic rings. The van der Waals surface area contributed by atoms with Gasteiger partial charge in [-0.05, 0) is 35.9 Å². The summed E-state index contributed by atoms with van der Waals surface area (Å²) < 4.78 is 5.71. The monoisotopic (exact) mass is 287 g/mol. The molecule has 1 heterocycles. The molecule has 0 spiro atoms. The van der Waals surface area contributed by atoms with Crippen LogP contribution in [0.3, 0.4) is 0 Å². The quantitative estimate of drug-likeness (QED) is 0.746. The Morgan fingerprint density at radius 1 is 1.25 bits per heavy atom. The first-order valence-corrected chi connectivity index (χ1v) is 6.62. The molecule has 0 fully saturated rings. The number of aromatic nitrogens is 1. The van der Waals surface area contributed by atoms with Crippen molar-refractivity contribution in [2.75, 3.05) is 17.7 Å². The molecular formula is C15H14ClN3O. The summed E-state index contributed by atoms with van der Waals surface area (Å²) in [5.41, 5.74) is 9.03. The Morgan fingerprint density at radius 2 is 2.05 bits per heavy atom. The lowest BCUT2D eigenvalue weighted by Crippen LogP contribution is -2.17. The number of anilines is 2. The van der Waals surface area contributed by atoms with Gasteiger partial charge in [-0.1, -0.05) is 23.7 Å². The summed E-state index contributed by atoms with van der Waals surface area (Å²) in [5, 5.41) is 0.683. The van der Waals surface area contributed by atoms with Gasteiger partial charge in [-0.25, -0.2) is 0 Å². The Morgan fingerprint density at radius 3 is 2.85 bits per heavy atom. The summed E-state index contributed by atoms with van der Waals surface area (Å²) in [5.74, 6) is 0. The molecule has 0 saturated carbocycles. The normalized spacial score (nSPS) is 10.9. The molecule has 2 N–H and O–H groups in total. The van der Waals surface area contributed by atoms with Crippen molar-refractivity contribution in [3.63, 3.8) is 0 Å². The first-order chi connectivity index (χ1) is 9.63. The van der Waals surface area contributed by atoms with Crippen LogP contribution in [0, 0.1) is 0 Å². The van der Waals surface area contributed by atoms with Crippen LogP contribution in [0.2, 0.25) is 5.02 Å². The molecule has 0 bridgehead atoms. The van der Waals surface area contributed by atoms with Crippen LogP contribution in [-0.2, 0) is 6.54 Å². The van der Waals surface area contributed by atoms with Crippen LogP contribution < -0.4 is 10.6 Å². The van der Waals surface area contributed by atoms with Crippen molar-refractivity contribution >= 4 is 34.4 Å². The van der Waals surface area contributed by atoms with Crippen LogP contribution >= 0.6 is 11.6 Å². The second-order valence-corrected chi connectivity index (χ2v) is 5.08. The molecule has 0 aliphatic heterocycles. The maximum absolute atomic E-state index is 6.17. The minimum absolute atomic E-state index is 0.560. The maximum atomic E-state index is 6.17. The van der Waals surface area contributed by atoms with Gasteiger partial charge in [0.25, 0.3) is 6.01 Å². The first-order valence-electron chi connectivity index (χ1n) is 6.24. The highest BCUT2D eigenvalue weighted by atomic mass is 35.5. The molecule has 0 amide bonds. The number of halogens is 1. The van der Waals surface area contributed by atoms with Gasteiger partial charge < -0.3 is 15.1 Å². The fourth-order valence-corrected chi connectivity index (χ4v) is 2.24. The third kappa shape index (κ3) is 2.42. The molecule has 0 saturated heterocycles. The Bertz CT molecular complexity index is 721. The number of hydrogen-bond acceptors (Lipinski definition) is 4. The van der Waals surface area contributed by atoms with Crippen LogP contribution in [0.4, 0.5) is 11.7 Å². The lowest BCUT2D eigenvalue weighted by molar-refractivity contribution is 0.582.